The molecular formula is C36H64N4. The topological polar surface area (TPSA) is 13.0 Å². The second kappa shape index (κ2) is 16.8. The highest BCUT2D eigenvalue weighted by molar-refractivity contribution is 5.68. The van der Waals surface area contributed by atoms with Crippen LogP contribution in [0.25, 0.3) is 0 Å². The van der Waals surface area contributed by atoms with Crippen LogP contribution in [-0.2, 0) is 18.3 Å². The second-order valence-electron chi connectivity index (χ2n) is 12.7. The summed E-state index contributed by atoms with van der Waals surface area (Å²) in [5.74, 6) is 0. The number of nitrogens with zero attached hydrogens (tertiary/aromatic N) is 4. The Hall–Kier alpha value is -2.36. The molecular weight excluding hydrogens is 488 g/mol. The van der Waals surface area contributed by atoms with Gasteiger partial charge in [0.2, 0.25) is 0 Å². The predicted octanol–water partition coefficient (Wildman–Crippen LogP) is 9.10. The number of aryl methyl sites for hydroxylation is 3. The zero-order chi connectivity index (χ0) is 30.6. The first-order chi connectivity index (χ1) is 18.8. The molecule has 228 valence electrons. The van der Waals surface area contributed by atoms with Crippen LogP contribution in [0.15, 0.2) is 24.3 Å². The molecule has 4 nitrogen and oxygen atoms in total. The Morgan fingerprint density at radius 1 is 0.525 bits per heavy atom. The summed E-state index contributed by atoms with van der Waals surface area (Å²) >= 11 is 0. The first kappa shape index (κ1) is 35.7. The van der Waals surface area contributed by atoms with E-state index >= 15 is 0 Å². The van der Waals surface area contributed by atoms with E-state index in [0.717, 1.165) is 25.7 Å². The molecule has 0 radical (unpaired) electrons. The van der Waals surface area contributed by atoms with Crippen LogP contribution < -0.4 is 19.6 Å². The summed E-state index contributed by atoms with van der Waals surface area (Å²) in [6, 6.07) is 9.68. The molecule has 40 heavy (non-hydrogen) atoms. The van der Waals surface area contributed by atoms with E-state index in [1.54, 1.807) is 0 Å². The molecule has 0 fully saturated rings. The van der Waals surface area contributed by atoms with E-state index in [1.807, 2.05) is 0 Å². The minimum atomic E-state index is 0.195. The third kappa shape index (κ3) is 9.63. The van der Waals surface area contributed by atoms with Crippen molar-refractivity contribution in [2.24, 2.45) is 0 Å². The number of rotatable bonds is 14. The Bertz CT molecular complexity index is 1010. The molecule has 0 N–H and O–H groups in total. The Labute approximate surface area is 249 Å². The molecule has 0 spiro atoms. The molecule has 0 saturated carbocycles. The van der Waals surface area contributed by atoms with Crippen molar-refractivity contribution >= 4 is 22.7 Å². The van der Waals surface area contributed by atoms with Gasteiger partial charge in [0, 0.05) is 79.1 Å². The molecule has 0 unspecified atom stereocenters. The third-order valence-electron chi connectivity index (χ3n) is 8.58. The van der Waals surface area contributed by atoms with Crippen molar-refractivity contribution in [2.75, 3.05) is 76.0 Å². The summed E-state index contributed by atoms with van der Waals surface area (Å²) < 4.78 is 0. The highest BCUT2D eigenvalue weighted by atomic mass is 15.1. The van der Waals surface area contributed by atoms with E-state index in [-0.39, 0.29) is 5.41 Å². The smallest absolute Gasteiger partial charge is 0.0403 e. The Kier molecular flexibility index (Phi) is 15.0. The van der Waals surface area contributed by atoms with Crippen molar-refractivity contribution in [1.29, 1.82) is 0 Å². The average Bonchev–Trinajstić information content (AvgIpc) is 2.91. The van der Waals surface area contributed by atoms with Gasteiger partial charge in [0.1, 0.15) is 0 Å². The van der Waals surface area contributed by atoms with E-state index in [0.29, 0.717) is 0 Å². The van der Waals surface area contributed by atoms with Crippen LogP contribution in [-0.4, -0.2) is 56.4 Å². The Morgan fingerprint density at radius 2 is 0.925 bits per heavy atom. The number of hydrogen-bond acceptors (Lipinski definition) is 4. The molecule has 2 aromatic carbocycles. The molecule has 4 heteroatoms. The standard InChI is InChI=1S/C31H52N4.C5H12/c1-13-31(4,14-2)26-22-29(34(9)10)25(21-30(26)35(11)12)18-16-15-17-24-20-27(32(5)6)23(3)19-28(24)33(7)8;1-3-5-4-2/h19-22H,13-18H2,1-12H3;3-5H2,1-2H3. The fourth-order valence-corrected chi connectivity index (χ4v) is 5.53. The molecule has 0 bridgehead atoms. The summed E-state index contributed by atoms with van der Waals surface area (Å²) in [5, 5.41) is 0. The zero-order valence-electron chi connectivity index (χ0n) is 29.0. The van der Waals surface area contributed by atoms with Crippen LogP contribution in [0.1, 0.15) is 102 Å². The van der Waals surface area contributed by atoms with Crippen LogP contribution in [0.4, 0.5) is 22.7 Å². The Morgan fingerprint density at radius 3 is 1.27 bits per heavy atom. The lowest BCUT2D eigenvalue weighted by atomic mass is 9.76. The largest absolute Gasteiger partial charge is 0.377 e. The molecule has 0 saturated heterocycles. The first-order valence-corrected chi connectivity index (χ1v) is 15.8. The van der Waals surface area contributed by atoms with Gasteiger partial charge in [-0.3, -0.25) is 0 Å². The van der Waals surface area contributed by atoms with Gasteiger partial charge in [-0.15, -0.1) is 0 Å². The number of benzene rings is 2. The van der Waals surface area contributed by atoms with E-state index in [1.165, 1.54) is 77.1 Å². The van der Waals surface area contributed by atoms with Gasteiger partial charge >= 0.3 is 0 Å². The highest BCUT2D eigenvalue weighted by Gasteiger charge is 2.27. The van der Waals surface area contributed by atoms with Crippen LogP contribution in [0.3, 0.4) is 0 Å². The lowest BCUT2D eigenvalue weighted by molar-refractivity contribution is 0.439. The van der Waals surface area contributed by atoms with E-state index in [9.17, 15) is 0 Å². The van der Waals surface area contributed by atoms with Crippen LogP contribution in [0.5, 0.6) is 0 Å². The van der Waals surface area contributed by atoms with Crippen molar-refractivity contribution in [3.8, 4) is 0 Å². The molecule has 0 aliphatic carbocycles. The summed E-state index contributed by atoms with van der Waals surface area (Å²) in [6.45, 7) is 13.7. The summed E-state index contributed by atoms with van der Waals surface area (Å²) in [6.07, 6.45) is 11.0. The van der Waals surface area contributed by atoms with E-state index in [2.05, 4.69) is 142 Å². The first-order valence-electron chi connectivity index (χ1n) is 15.8. The van der Waals surface area contributed by atoms with Crippen molar-refractivity contribution in [2.45, 2.75) is 105 Å². The maximum Gasteiger partial charge on any atom is 0.0403 e. The highest BCUT2D eigenvalue weighted by Crippen LogP contribution is 2.41. The number of hydrogen-bond donors (Lipinski definition) is 0. The predicted molar refractivity (Wildman–Crippen MR) is 185 cm³/mol. The van der Waals surface area contributed by atoms with Gasteiger partial charge in [-0.2, -0.15) is 0 Å². The van der Waals surface area contributed by atoms with Crippen molar-refractivity contribution < 1.29 is 0 Å². The second-order valence-corrected chi connectivity index (χ2v) is 12.7. The number of unbranched alkanes of at least 4 members (excludes halogenated alkanes) is 3. The van der Waals surface area contributed by atoms with Gasteiger partial charge < -0.3 is 19.6 Å². The summed E-state index contributed by atoms with van der Waals surface area (Å²) in [4.78, 5) is 9.09. The molecule has 0 amide bonds. The fourth-order valence-electron chi connectivity index (χ4n) is 5.53. The van der Waals surface area contributed by atoms with Gasteiger partial charge in [-0.1, -0.05) is 53.9 Å². The zero-order valence-corrected chi connectivity index (χ0v) is 29.0. The minimum absolute atomic E-state index is 0.195. The fraction of sp³-hybridized carbons (Fsp3) is 0.667. The van der Waals surface area contributed by atoms with Gasteiger partial charge in [0.05, 0.1) is 0 Å². The van der Waals surface area contributed by atoms with Crippen LogP contribution in [0.2, 0.25) is 0 Å². The minimum Gasteiger partial charge on any atom is -0.377 e. The number of anilines is 4. The SMILES string of the molecule is CCC(C)(CC)c1cc(N(C)C)c(CCCCc2cc(N(C)C)c(C)cc2N(C)C)cc1N(C)C.CCCCC. The maximum atomic E-state index is 2.48. The van der Waals surface area contributed by atoms with E-state index < -0.39 is 0 Å². The monoisotopic (exact) mass is 553 g/mol. The summed E-state index contributed by atoms with van der Waals surface area (Å²) in [5.41, 5.74) is 11.3. The lowest BCUT2D eigenvalue weighted by Crippen LogP contribution is -2.25. The molecule has 2 rings (SSSR count). The molecule has 0 heterocycles. The molecule has 0 aromatic heterocycles. The molecule has 2 aromatic rings. The van der Waals surface area contributed by atoms with Crippen molar-refractivity contribution in [3.05, 3.63) is 46.5 Å². The lowest BCUT2D eigenvalue weighted by Gasteiger charge is -2.34. The third-order valence-corrected chi connectivity index (χ3v) is 8.58. The average molecular weight is 553 g/mol. The van der Waals surface area contributed by atoms with Crippen molar-refractivity contribution in [3.63, 3.8) is 0 Å². The van der Waals surface area contributed by atoms with Gasteiger partial charge in [0.15, 0.2) is 0 Å². The van der Waals surface area contributed by atoms with Crippen molar-refractivity contribution in [1.82, 2.24) is 0 Å². The normalized spacial score (nSPS) is 11.2. The van der Waals surface area contributed by atoms with Gasteiger partial charge in [-0.05, 0) is 97.4 Å². The van der Waals surface area contributed by atoms with Crippen LogP contribution >= 0.6 is 0 Å². The van der Waals surface area contributed by atoms with Gasteiger partial charge in [-0.25, -0.2) is 0 Å². The van der Waals surface area contributed by atoms with Gasteiger partial charge in [0.25, 0.3) is 0 Å². The van der Waals surface area contributed by atoms with Crippen LogP contribution in [0, 0.1) is 6.92 Å². The maximum absolute atomic E-state index is 2.48. The van der Waals surface area contributed by atoms with E-state index in [4.69, 9.17) is 0 Å². The molecule has 0 aliphatic heterocycles. The molecule has 0 atom stereocenters. The summed E-state index contributed by atoms with van der Waals surface area (Å²) in [7, 11) is 17.3. The molecule has 0 aliphatic rings. The quantitative estimate of drug-likeness (QED) is 0.217. The Balaban J connectivity index is 0.00000146.